The van der Waals surface area contributed by atoms with E-state index >= 15 is 0 Å². The number of benzene rings is 1. The van der Waals surface area contributed by atoms with Crippen LogP contribution in [0.4, 0.5) is 5.82 Å². The molecular formula is C20H23N5O3S. The van der Waals surface area contributed by atoms with Gasteiger partial charge in [-0.15, -0.1) is 0 Å². The Balaban J connectivity index is 1.59. The molecule has 0 radical (unpaired) electrons. The summed E-state index contributed by atoms with van der Waals surface area (Å²) in [6.07, 6.45) is 4.50. The number of nitrogens with zero attached hydrogens (tertiary/aromatic N) is 4. The number of likely N-dealkylation sites (tertiary alicyclic amines) is 1. The van der Waals surface area contributed by atoms with Gasteiger partial charge in [-0.05, 0) is 30.5 Å². The number of anilines is 1. The van der Waals surface area contributed by atoms with Crippen LogP contribution in [0.1, 0.15) is 12.0 Å². The Bertz CT molecular complexity index is 987. The molecule has 0 aliphatic carbocycles. The summed E-state index contributed by atoms with van der Waals surface area (Å²) >= 11 is 0. The molecule has 1 fully saturated rings. The van der Waals surface area contributed by atoms with E-state index in [2.05, 4.69) is 10.3 Å². The molecule has 1 aromatic carbocycles. The number of likely N-dealkylation sites (N-methyl/N-ethyl adjacent to an activating group) is 1. The second kappa shape index (κ2) is 9.03. The maximum Gasteiger partial charge on any atom is 0.244 e. The average molecular weight is 414 g/mol. The molecule has 0 saturated carbocycles. The van der Waals surface area contributed by atoms with Crippen LogP contribution in [0.2, 0.25) is 0 Å². The Labute approximate surface area is 170 Å². The zero-order valence-corrected chi connectivity index (χ0v) is 17.0. The van der Waals surface area contributed by atoms with E-state index in [1.807, 2.05) is 36.5 Å². The summed E-state index contributed by atoms with van der Waals surface area (Å²) in [4.78, 5) is 18.0. The third-order valence-corrected chi connectivity index (χ3v) is 6.79. The molecule has 1 saturated heterocycles. The maximum absolute atomic E-state index is 12.7. The predicted molar refractivity (Wildman–Crippen MR) is 108 cm³/mol. The van der Waals surface area contributed by atoms with E-state index in [0.717, 1.165) is 5.56 Å². The lowest BCUT2D eigenvalue weighted by Gasteiger charge is -2.17. The van der Waals surface area contributed by atoms with Crippen molar-refractivity contribution >= 4 is 21.7 Å². The number of nitriles is 1. The molecule has 3 rings (SSSR count). The quantitative estimate of drug-likeness (QED) is 0.693. The first-order chi connectivity index (χ1) is 13.9. The molecule has 0 bridgehead atoms. The summed E-state index contributed by atoms with van der Waals surface area (Å²) in [5, 5.41) is 11.6. The van der Waals surface area contributed by atoms with Crippen molar-refractivity contribution in [2.45, 2.75) is 17.7 Å². The molecule has 29 heavy (non-hydrogen) atoms. The van der Waals surface area contributed by atoms with Crippen LogP contribution in [0.3, 0.4) is 0 Å². The standard InChI is InChI=1S/C20H23N5O3S/c1-24(11-9-16-5-3-2-4-6-16)29(27,28)18-7-8-19(22-13-18)23-20(26)17-10-12-25(14-17)15-21/h2-8,13,17H,9-12,14H2,1H3,(H,22,23,26). The molecule has 1 atom stereocenters. The van der Waals surface area contributed by atoms with Crippen molar-refractivity contribution in [3.8, 4) is 6.19 Å². The number of rotatable bonds is 7. The second-order valence-electron chi connectivity index (χ2n) is 6.96. The van der Waals surface area contributed by atoms with Gasteiger partial charge in [-0.25, -0.2) is 17.7 Å². The Morgan fingerprint density at radius 2 is 2.07 bits per heavy atom. The smallest absolute Gasteiger partial charge is 0.244 e. The number of pyridine rings is 1. The largest absolute Gasteiger partial charge is 0.310 e. The lowest BCUT2D eigenvalue weighted by molar-refractivity contribution is -0.119. The van der Waals surface area contributed by atoms with Crippen molar-refractivity contribution in [2.24, 2.45) is 5.92 Å². The number of aromatic nitrogens is 1. The summed E-state index contributed by atoms with van der Waals surface area (Å²) in [6, 6.07) is 12.6. The zero-order valence-electron chi connectivity index (χ0n) is 16.2. The van der Waals surface area contributed by atoms with Gasteiger partial charge in [0.15, 0.2) is 6.19 Å². The van der Waals surface area contributed by atoms with Crippen LogP contribution >= 0.6 is 0 Å². The van der Waals surface area contributed by atoms with Gasteiger partial charge in [0.25, 0.3) is 0 Å². The molecule has 1 aliphatic rings. The number of carbonyl (C=O) groups is 1. The average Bonchev–Trinajstić information content (AvgIpc) is 3.22. The molecule has 1 aromatic heterocycles. The zero-order chi connectivity index (χ0) is 20.9. The van der Waals surface area contributed by atoms with Crippen LogP contribution in [0, 0.1) is 17.4 Å². The lowest BCUT2D eigenvalue weighted by atomic mass is 10.1. The van der Waals surface area contributed by atoms with Crippen molar-refractivity contribution in [3.05, 3.63) is 54.2 Å². The van der Waals surface area contributed by atoms with E-state index in [0.29, 0.717) is 32.5 Å². The van der Waals surface area contributed by atoms with Gasteiger partial charge in [0.05, 0.1) is 5.92 Å². The first kappa shape index (κ1) is 20.8. The van der Waals surface area contributed by atoms with Crippen molar-refractivity contribution in [2.75, 3.05) is 32.0 Å². The molecule has 0 spiro atoms. The minimum absolute atomic E-state index is 0.0718. The minimum atomic E-state index is -3.67. The summed E-state index contributed by atoms with van der Waals surface area (Å²) in [6.45, 7) is 1.30. The van der Waals surface area contributed by atoms with E-state index in [1.165, 1.54) is 29.7 Å². The number of nitrogens with one attached hydrogen (secondary N) is 1. The summed E-state index contributed by atoms with van der Waals surface area (Å²) < 4.78 is 26.8. The lowest BCUT2D eigenvalue weighted by Crippen LogP contribution is -2.29. The van der Waals surface area contributed by atoms with Gasteiger partial charge in [-0.1, -0.05) is 30.3 Å². The van der Waals surface area contributed by atoms with Crippen LogP contribution in [-0.4, -0.2) is 55.2 Å². The van der Waals surface area contributed by atoms with Gasteiger partial charge in [0.2, 0.25) is 15.9 Å². The molecule has 1 N–H and O–H groups in total. The summed E-state index contributed by atoms with van der Waals surface area (Å²) in [5.74, 6) is -0.203. The van der Waals surface area contributed by atoms with Crippen LogP contribution < -0.4 is 5.32 Å². The highest BCUT2D eigenvalue weighted by molar-refractivity contribution is 7.89. The number of carbonyl (C=O) groups excluding carboxylic acids is 1. The first-order valence-electron chi connectivity index (χ1n) is 9.32. The predicted octanol–water partition coefficient (Wildman–Crippen LogP) is 1.69. The van der Waals surface area contributed by atoms with Crippen molar-refractivity contribution in [1.82, 2.24) is 14.2 Å². The van der Waals surface area contributed by atoms with E-state index in [9.17, 15) is 13.2 Å². The van der Waals surface area contributed by atoms with Crippen LogP contribution in [0.15, 0.2) is 53.6 Å². The molecule has 1 amide bonds. The SMILES string of the molecule is CN(CCc1ccccc1)S(=O)(=O)c1ccc(NC(=O)C2CCN(C#N)C2)nc1. The van der Waals surface area contributed by atoms with Crippen molar-refractivity contribution in [1.29, 1.82) is 5.26 Å². The van der Waals surface area contributed by atoms with E-state index < -0.39 is 10.0 Å². The Hall–Kier alpha value is -2.96. The molecule has 1 unspecified atom stereocenters. The highest BCUT2D eigenvalue weighted by atomic mass is 32.2. The first-order valence-corrected chi connectivity index (χ1v) is 10.8. The Morgan fingerprint density at radius 1 is 1.31 bits per heavy atom. The highest BCUT2D eigenvalue weighted by Gasteiger charge is 2.28. The van der Waals surface area contributed by atoms with Gasteiger partial charge in [-0.2, -0.15) is 5.26 Å². The van der Waals surface area contributed by atoms with E-state index in [4.69, 9.17) is 5.26 Å². The van der Waals surface area contributed by atoms with Crippen LogP contribution in [0.25, 0.3) is 0 Å². The number of amides is 1. The third-order valence-electron chi connectivity index (χ3n) is 4.95. The normalized spacial score (nSPS) is 16.6. The van der Waals surface area contributed by atoms with Crippen molar-refractivity contribution < 1.29 is 13.2 Å². The minimum Gasteiger partial charge on any atom is -0.310 e. The number of sulfonamides is 1. The summed E-state index contributed by atoms with van der Waals surface area (Å²) in [7, 11) is -2.13. The molecule has 2 aromatic rings. The van der Waals surface area contributed by atoms with Crippen LogP contribution in [0.5, 0.6) is 0 Å². The monoisotopic (exact) mass is 413 g/mol. The van der Waals surface area contributed by atoms with E-state index in [-0.39, 0.29) is 22.5 Å². The fourth-order valence-corrected chi connectivity index (χ4v) is 4.25. The topological polar surface area (TPSA) is 106 Å². The van der Waals surface area contributed by atoms with Gasteiger partial charge in [0, 0.05) is 32.9 Å². The summed E-state index contributed by atoms with van der Waals surface area (Å²) in [5.41, 5.74) is 1.06. The van der Waals surface area contributed by atoms with E-state index in [1.54, 1.807) is 4.90 Å². The van der Waals surface area contributed by atoms with Gasteiger partial charge in [-0.3, -0.25) is 4.79 Å². The van der Waals surface area contributed by atoms with Gasteiger partial charge < -0.3 is 10.2 Å². The molecule has 9 heteroatoms. The third kappa shape index (κ3) is 5.10. The van der Waals surface area contributed by atoms with Crippen molar-refractivity contribution in [3.63, 3.8) is 0 Å². The Morgan fingerprint density at radius 3 is 2.69 bits per heavy atom. The van der Waals surface area contributed by atoms with Gasteiger partial charge in [0.1, 0.15) is 10.7 Å². The Kier molecular flexibility index (Phi) is 6.46. The fraction of sp³-hybridized carbons (Fsp3) is 0.350. The molecule has 2 heterocycles. The maximum atomic E-state index is 12.7. The fourth-order valence-electron chi connectivity index (χ4n) is 3.13. The van der Waals surface area contributed by atoms with Crippen LogP contribution in [-0.2, 0) is 21.2 Å². The number of hydrogen-bond acceptors (Lipinski definition) is 6. The highest BCUT2D eigenvalue weighted by Crippen LogP contribution is 2.19. The number of hydrogen-bond donors (Lipinski definition) is 1. The molecular weight excluding hydrogens is 390 g/mol. The van der Waals surface area contributed by atoms with Gasteiger partial charge >= 0.3 is 0 Å². The molecule has 1 aliphatic heterocycles. The molecule has 152 valence electrons. The second-order valence-corrected chi connectivity index (χ2v) is 9.01. The molecule has 8 nitrogen and oxygen atoms in total.